The van der Waals surface area contributed by atoms with Gasteiger partial charge in [-0.15, -0.1) is 10.2 Å². The number of carbonyl (C=O) groups excluding carboxylic acids is 1. The van der Waals surface area contributed by atoms with E-state index < -0.39 is 11.9 Å². The average Bonchev–Trinajstić information content (AvgIpc) is 3.81. The number of aromatic nitrogens is 8. The molecule has 4 aromatic heterocycles. The lowest BCUT2D eigenvalue weighted by molar-refractivity contribution is -0.139. The maximum atomic E-state index is 11.7. The molecule has 6 aromatic rings. The highest BCUT2D eigenvalue weighted by Gasteiger charge is 2.05. The van der Waals surface area contributed by atoms with Gasteiger partial charge in [-0.25, -0.2) is 28.9 Å². The number of ether oxygens (including phenoxy) is 1. The Bertz CT molecular complexity index is 2000. The summed E-state index contributed by atoms with van der Waals surface area (Å²) in [5, 5.41) is 26.5. The second-order valence-electron chi connectivity index (χ2n) is 9.49. The zero-order chi connectivity index (χ0) is 34.8. The van der Waals surface area contributed by atoms with Crippen molar-refractivity contribution in [2.45, 2.75) is 13.2 Å². The first-order chi connectivity index (χ1) is 23.8. The van der Waals surface area contributed by atoms with Gasteiger partial charge in [-0.05, 0) is 48.5 Å². The van der Waals surface area contributed by atoms with E-state index in [0.29, 0.717) is 33.1 Å². The Morgan fingerprint density at radius 3 is 1.67 bits per heavy atom. The molecule has 0 atom stereocenters. The molecule has 0 unspecified atom stereocenters. The van der Waals surface area contributed by atoms with E-state index in [2.05, 4.69) is 30.1 Å². The van der Waals surface area contributed by atoms with E-state index in [4.69, 9.17) is 38.2 Å². The highest BCUT2D eigenvalue weighted by Crippen LogP contribution is 2.20. The number of carboxylic acids is 1. The third-order valence-corrected chi connectivity index (χ3v) is 6.36. The molecule has 0 bridgehead atoms. The highest BCUT2D eigenvalue weighted by atomic mass is 35.5. The minimum Gasteiger partial charge on any atom is -0.478 e. The Morgan fingerprint density at radius 2 is 1.22 bits per heavy atom. The van der Waals surface area contributed by atoms with Gasteiger partial charge in [0.2, 0.25) is 0 Å². The summed E-state index contributed by atoms with van der Waals surface area (Å²) in [7, 11) is 0. The zero-order valence-corrected chi connectivity index (χ0v) is 27.1. The molecule has 0 fully saturated rings. The normalized spacial score (nSPS) is 10.6. The van der Waals surface area contributed by atoms with Crippen molar-refractivity contribution in [2.75, 3.05) is 0 Å². The van der Waals surface area contributed by atoms with Gasteiger partial charge in [-0.2, -0.15) is 0 Å². The molecular formula is C34H28Cl2N8O5. The van der Waals surface area contributed by atoms with Crippen LogP contribution in [0.5, 0.6) is 0 Å². The highest BCUT2D eigenvalue weighted by molar-refractivity contribution is 6.31. The number of aliphatic hydroxyl groups excluding tert-OH is 1. The van der Waals surface area contributed by atoms with E-state index in [1.54, 1.807) is 60.9 Å². The zero-order valence-electron chi connectivity index (χ0n) is 25.6. The van der Waals surface area contributed by atoms with Gasteiger partial charge >= 0.3 is 11.9 Å². The van der Waals surface area contributed by atoms with Crippen molar-refractivity contribution in [3.05, 3.63) is 144 Å². The number of carbonyl (C=O) groups is 2. The smallest absolute Gasteiger partial charge is 0.332 e. The van der Waals surface area contributed by atoms with Gasteiger partial charge < -0.3 is 14.9 Å². The molecule has 15 heteroatoms. The summed E-state index contributed by atoms with van der Waals surface area (Å²) < 4.78 is 7.84. The first-order valence-corrected chi connectivity index (χ1v) is 15.1. The van der Waals surface area contributed by atoms with Crippen molar-refractivity contribution in [1.29, 1.82) is 0 Å². The van der Waals surface area contributed by atoms with Crippen molar-refractivity contribution >= 4 is 47.5 Å². The molecular weight excluding hydrogens is 671 g/mol. The molecule has 248 valence electrons. The molecule has 0 aliphatic carbocycles. The van der Waals surface area contributed by atoms with Crippen LogP contribution in [0.1, 0.15) is 11.4 Å². The van der Waals surface area contributed by atoms with Crippen molar-refractivity contribution in [1.82, 2.24) is 39.5 Å². The molecule has 0 amide bonds. The van der Waals surface area contributed by atoms with Crippen LogP contribution in [0.15, 0.2) is 122 Å². The van der Waals surface area contributed by atoms with Crippen LogP contribution in [0.3, 0.4) is 0 Å². The Balaban J connectivity index is 0.000000187. The van der Waals surface area contributed by atoms with E-state index in [1.165, 1.54) is 40.5 Å². The molecule has 0 aliphatic heterocycles. The van der Waals surface area contributed by atoms with Crippen LogP contribution in [0, 0.1) is 0 Å². The quantitative estimate of drug-likeness (QED) is 0.135. The van der Waals surface area contributed by atoms with Gasteiger partial charge in [0.1, 0.15) is 19.3 Å². The number of rotatable bonds is 9. The first-order valence-electron chi connectivity index (χ1n) is 14.3. The fraction of sp³-hybridized carbons (Fsp3) is 0.0588. The SMILES string of the molecule is O=C(/C=C\n1cnc(-c2cccc(Cl)c2)n1)OCc1ccccn1.O=C(O)/C=C\n1cnc(-c2cccc(Cl)c2)n1.OCc1ccccn1. The lowest BCUT2D eigenvalue weighted by Gasteiger charge is -2.00. The van der Waals surface area contributed by atoms with Gasteiger partial charge in [0, 0.05) is 58.1 Å². The molecule has 0 aliphatic rings. The molecule has 4 heterocycles. The topological polar surface area (TPSA) is 171 Å². The van der Waals surface area contributed by atoms with Crippen LogP contribution in [0.25, 0.3) is 35.2 Å². The standard InChI is InChI=1S/C17H13ClN4O2.C11H8ClN3O2.C6H7NO/c18-14-5-3-4-13(10-14)17-20-12-22(21-17)9-7-16(23)24-11-15-6-1-2-8-19-15;12-9-3-1-2-8(6-9)11-13-7-15(14-11)5-4-10(16)17;8-5-6-3-1-2-4-7-6/h1-10,12H,11H2;1-7H,(H,16,17);1-4,8H,5H2/b9-7-;5-4-;. The van der Waals surface area contributed by atoms with E-state index in [0.717, 1.165) is 17.2 Å². The van der Waals surface area contributed by atoms with E-state index in [-0.39, 0.29) is 13.2 Å². The minimum absolute atomic E-state index is 0.0286. The first kappa shape index (κ1) is 35.8. The van der Waals surface area contributed by atoms with Crippen molar-refractivity contribution in [2.24, 2.45) is 0 Å². The van der Waals surface area contributed by atoms with Gasteiger partial charge in [-0.1, -0.05) is 59.6 Å². The maximum Gasteiger partial charge on any atom is 0.332 e. The average molecular weight is 700 g/mol. The molecule has 6 rings (SSSR count). The number of aliphatic hydroxyl groups is 1. The van der Waals surface area contributed by atoms with Crippen LogP contribution in [-0.2, 0) is 27.5 Å². The monoisotopic (exact) mass is 698 g/mol. The summed E-state index contributed by atoms with van der Waals surface area (Å²) in [5.41, 5.74) is 2.98. The number of hydrogen-bond donors (Lipinski definition) is 2. The molecule has 2 aromatic carbocycles. The van der Waals surface area contributed by atoms with Crippen molar-refractivity contribution in [3.8, 4) is 22.8 Å². The number of aliphatic carboxylic acids is 1. The molecule has 0 spiro atoms. The molecule has 0 saturated carbocycles. The summed E-state index contributed by atoms with van der Waals surface area (Å²) in [5.74, 6) is -0.517. The summed E-state index contributed by atoms with van der Waals surface area (Å²) in [4.78, 5) is 38.2. The Kier molecular flexibility index (Phi) is 13.9. The molecule has 49 heavy (non-hydrogen) atoms. The minimum atomic E-state index is -1.04. The number of halogens is 2. The number of pyridine rings is 2. The number of nitrogens with zero attached hydrogens (tertiary/aromatic N) is 8. The Morgan fingerprint density at radius 1 is 0.694 bits per heavy atom. The van der Waals surface area contributed by atoms with Crippen LogP contribution in [0.2, 0.25) is 10.0 Å². The van der Waals surface area contributed by atoms with E-state index in [1.807, 2.05) is 36.4 Å². The summed E-state index contributed by atoms with van der Waals surface area (Å²) in [6.07, 6.45) is 11.3. The maximum absolute atomic E-state index is 11.7. The van der Waals surface area contributed by atoms with E-state index in [9.17, 15) is 9.59 Å². The molecule has 2 N–H and O–H groups in total. The van der Waals surface area contributed by atoms with Crippen LogP contribution < -0.4 is 0 Å². The second-order valence-corrected chi connectivity index (χ2v) is 10.4. The third-order valence-electron chi connectivity index (χ3n) is 5.89. The van der Waals surface area contributed by atoms with Crippen LogP contribution >= 0.6 is 23.2 Å². The predicted octanol–water partition coefficient (Wildman–Crippen LogP) is 5.94. The largest absolute Gasteiger partial charge is 0.478 e. The Hall–Kier alpha value is -6.02. The summed E-state index contributed by atoms with van der Waals surface area (Å²) >= 11 is 11.8. The predicted molar refractivity (Wildman–Crippen MR) is 183 cm³/mol. The van der Waals surface area contributed by atoms with Crippen molar-refractivity contribution < 1.29 is 24.5 Å². The van der Waals surface area contributed by atoms with Crippen LogP contribution in [-0.4, -0.2) is 61.6 Å². The van der Waals surface area contributed by atoms with Crippen LogP contribution in [0.4, 0.5) is 0 Å². The fourth-order valence-electron chi connectivity index (χ4n) is 3.66. The molecule has 0 radical (unpaired) electrons. The van der Waals surface area contributed by atoms with Gasteiger partial charge in [0.25, 0.3) is 0 Å². The lowest BCUT2D eigenvalue weighted by atomic mass is 10.2. The second kappa shape index (κ2) is 19.0. The number of hydrogen-bond acceptors (Lipinski definition) is 10. The van der Waals surface area contributed by atoms with Gasteiger partial charge in [0.05, 0.1) is 18.0 Å². The number of benzene rings is 2. The third kappa shape index (κ3) is 12.6. The summed E-state index contributed by atoms with van der Waals surface area (Å²) in [6, 6.07) is 25.2. The van der Waals surface area contributed by atoms with Gasteiger partial charge in [0.15, 0.2) is 11.6 Å². The van der Waals surface area contributed by atoms with Gasteiger partial charge in [-0.3, -0.25) is 9.97 Å². The lowest BCUT2D eigenvalue weighted by Crippen LogP contribution is -2.02. The number of carboxylic acid groups (broad SMARTS) is 1. The number of esters is 1. The summed E-state index contributed by atoms with van der Waals surface area (Å²) in [6.45, 7) is 0.149. The van der Waals surface area contributed by atoms with Crippen molar-refractivity contribution in [3.63, 3.8) is 0 Å². The fourth-order valence-corrected chi connectivity index (χ4v) is 4.04. The Labute approximate surface area is 290 Å². The molecule has 0 saturated heterocycles. The van der Waals surface area contributed by atoms with E-state index >= 15 is 0 Å². The molecule has 13 nitrogen and oxygen atoms in total.